The first kappa shape index (κ1) is 15.0. The minimum Gasteiger partial charge on any atom is -0.378 e. The lowest BCUT2D eigenvalue weighted by Gasteiger charge is -2.33. The predicted octanol–water partition coefficient (Wildman–Crippen LogP) is 2.92. The van der Waals surface area contributed by atoms with Crippen molar-refractivity contribution in [1.82, 2.24) is 5.32 Å². The van der Waals surface area contributed by atoms with Crippen LogP contribution in [0, 0.1) is 16.7 Å². The van der Waals surface area contributed by atoms with Crippen LogP contribution in [0.15, 0.2) is 30.3 Å². The molecule has 1 aliphatic rings. The summed E-state index contributed by atoms with van der Waals surface area (Å²) in [5.41, 5.74) is 1.12. The summed E-state index contributed by atoms with van der Waals surface area (Å²) in [6, 6.07) is 12.9. The summed E-state index contributed by atoms with van der Waals surface area (Å²) >= 11 is 0. The fourth-order valence-corrected chi connectivity index (χ4v) is 2.90. The van der Waals surface area contributed by atoms with E-state index < -0.39 is 0 Å². The minimum atomic E-state index is -0.183. The van der Waals surface area contributed by atoms with E-state index in [0.717, 1.165) is 45.4 Å². The quantitative estimate of drug-likeness (QED) is 0.866. The van der Waals surface area contributed by atoms with Crippen LogP contribution in [0.1, 0.15) is 31.7 Å². The molecular weight excluding hydrogens is 248 g/mol. The van der Waals surface area contributed by atoms with Gasteiger partial charge in [-0.1, -0.05) is 30.3 Å². The first-order chi connectivity index (χ1) is 9.74. The minimum absolute atomic E-state index is 0.150. The topological polar surface area (TPSA) is 45.0 Å². The number of nitrogens with one attached hydrogen (secondary N) is 1. The van der Waals surface area contributed by atoms with E-state index in [1.54, 1.807) is 0 Å². The van der Waals surface area contributed by atoms with E-state index in [-0.39, 0.29) is 11.5 Å². The molecule has 1 fully saturated rings. The third-order valence-corrected chi connectivity index (χ3v) is 4.11. The third kappa shape index (κ3) is 4.33. The zero-order valence-corrected chi connectivity index (χ0v) is 12.3. The van der Waals surface area contributed by atoms with Crippen LogP contribution in [0.2, 0.25) is 0 Å². The Morgan fingerprint density at radius 2 is 2.00 bits per heavy atom. The van der Waals surface area contributed by atoms with E-state index in [1.165, 1.54) is 5.56 Å². The fraction of sp³-hybridized carbons (Fsp3) is 0.588. The Morgan fingerprint density at radius 3 is 2.65 bits per heavy atom. The molecule has 1 heterocycles. The van der Waals surface area contributed by atoms with Crippen LogP contribution >= 0.6 is 0 Å². The van der Waals surface area contributed by atoms with Crippen molar-refractivity contribution >= 4 is 0 Å². The average molecular weight is 272 g/mol. The summed E-state index contributed by atoms with van der Waals surface area (Å²) in [6.45, 7) is 4.71. The Morgan fingerprint density at radius 1 is 1.30 bits per heavy atom. The molecule has 1 aromatic rings. The third-order valence-electron chi connectivity index (χ3n) is 4.11. The van der Waals surface area contributed by atoms with Crippen molar-refractivity contribution in [2.45, 2.75) is 38.7 Å². The van der Waals surface area contributed by atoms with E-state index >= 15 is 0 Å². The average Bonchev–Trinajstić information content (AvgIpc) is 2.49. The summed E-state index contributed by atoms with van der Waals surface area (Å²) in [5, 5.41) is 12.8. The molecule has 1 N–H and O–H groups in total. The maximum Gasteiger partial charge on any atom is 0.0691 e. The van der Waals surface area contributed by atoms with Crippen LogP contribution in [0.4, 0.5) is 0 Å². The Labute approximate surface area is 121 Å². The van der Waals surface area contributed by atoms with Crippen LogP contribution in [0.25, 0.3) is 0 Å². The molecule has 0 aliphatic carbocycles. The summed E-state index contributed by atoms with van der Waals surface area (Å²) in [5.74, 6) is 0. The summed E-state index contributed by atoms with van der Waals surface area (Å²) in [6.07, 6.45) is 3.81. The molecule has 108 valence electrons. The monoisotopic (exact) mass is 272 g/mol. The second-order valence-electron chi connectivity index (χ2n) is 5.76. The second-order valence-corrected chi connectivity index (χ2v) is 5.76. The Hall–Kier alpha value is -1.37. The van der Waals surface area contributed by atoms with Gasteiger partial charge < -0.3 is 10.1 Å². The number of hydrogen-bond acceptors (Lipinski definition) is 3. The molecule has 20 heavy (non-hydrogen) atoms. The van der Waals surface area contributed by atoms with Crippen molar-refractivity contribution in [1.29, 1.82) is 5.26 Å². The lowest BCUT2D eigenvalue weighted by molar-refractivity contribution is 0.0340. The highest BCUT2D eigenvalue weighted by Crippen LogP contribution is 2.33. The van der Waals surface area contributed by atoms with E-state index in [2.05, 4.69) is 42.6 Å². The van der Waals surface area contributed by atoms with Crippen LogP contribution in [0.3, 0.4) is 0 Å². The number of nitriles is 1. The maximum absolute atomic E-state index is 9.46. The van der Waals surface area contributed by atoms with Gasteiger partial charge in [-0.15, -0.1) is 0 Å². The second kappa shape index (κ2) is 7.42. The normalized spacial score (nSPS) is 19.2. The zero-order chi connectivity index (χ0) is 14.3. The maximum atomic E-state index is 9.46. The summed E-state index contributed by atoms with van der Waals surface area (Å²) in [4.78, 5) is 0. The highest BCUT2D eigenvalue weighted by atomic mass is 16.5. The molecule has 1 aromatic carbocycles. The van der Waals surface area contributed by atoms with Gasteiger partial charge in [0.15, 0.2) is 0 Å². The molecule has 0 radical (unpaired) electrons. The largest absolute Gasteiger partial charge is 0.378 e. The number of rotatable bonds is 6. The van der Waals surface area contributed by atoms with Gasteiger partial charge in [-0.2, -0.15) is 5.26 Å². The SMILES string of the molecule is CC(CC1(C#N)CCNCC1)OCCc1ccccc1. The van der Waals surface area contributed by atoms with E-state index in [0.29, 0.717) is 0 Å². The van der Waals surface area contributed by atoms with Crippen LogP contribution < -0.4 is 5.32 Å². The van der Waals surface area contributed by atoms with Crippen molar-refractivity contribution in [2.24, 2.45) is 5.41 Å². The van der Waals surface area contributed by atoms with Gasteiger partial charge >= 0.3 is 0 Å². The Balaban J connectivity index is 1.74. The van der Waals surface area contributed by atoms with Gasteiger partial charge in [0.1, 0.15) is 0 Å². The number of ether oxygens (including phenoxy) is 1. The Kier molecular flexibility index (Phi) is 5.58. The van der Waals surface area contributed by atoms with E-state index in [1.807, 2.05) is 6.07 Å². The van der Waals surface area contributed by atoms with Gasteiger partial charge in [-0.3, -0.25) is 0 Å². The van der Waals surface area contributed by atoms with Gasteiger partial charge in [0, 0.05) is 0 Å². The molecule has 0 amide bonds. The molecule has 1 atom stereocenters. The van der Waals surface area contributed by atoms with Crippen molar-refractivity contribution in [3.8, 4) is 6.07 Å². The van der Waals surface area contributed by atoms with Gasteiger partial charge in [0.2, 0.25) is 0 Å². The van der Waals surface area contributed by atoms with E-state index in [9.17, 15) is 5.26 Å². The molecule has 1 saturated heterocycles. The van der Waals surface area contributed by atoms with Crippen LogP contribution in [-0.2, 0) is 11.2 Å². The molecule has 0 aromatic heterocycles. The Bertz CT molecular complexity index is 432. The zero-order valence-electron chi connectivity index (χ0n) is 12.3. The van der Waals surface area contributed by atoms with Crippen LogP contribution in [-0.4, -0.2) is 25.8 Å². The first-order valence-corrected chi connectivity index (χ1v) is 7.52. The predicted molar refractivity (Wildman–Crippen MR) is 80.3 cm³/mol. The smallest absolute Gasteiger partial charge is 0.0691 e. The first-order valence-electron chi connectivity index (χ1n) is 7.52. The molecule has 0 bridgehead atoms. The molecule has 1 unspecified atom stereocenters. The number of piperidine rings is 1. The number of nitrogens with zero attached hydrogens (tertiary/aromatic N) is 1. The van der Waals surface area contributed by atoms with Crippen LogP contribution in [0.5, 0.6) is 0 Å². The molecule has 0 saturated carbocycles. The molecule has 2 rings (SSSR count). The summed E-state index contributed by atoms with van der Waals surface area (Å²) in [7, 11) is 0. The van der Waals surface area contributed by atoms with E-state index in [4.69, 9.17) is 4.74 Å². The van der Waals surface area contributed by atoms with Crippen molar-refractivity contribution in [2.75, 3.05) is 19.7 Å². The van der Waals surface area contributed by atoms with Gasteiger partial charge in [0.05, 0.1) is 24.2 Å². The highest BCUT2D eigenvalue weighted by molar-refractivity contribution is 5.14. The number of benzene rings is 1. The standard InChI is InChI=1S/C17H24N2O/c1-15(13-17(14-18)8-10-19-11-9-17)20-12-7-16-5-3-2-4-6-16/h2-6,15,19H,7-13H2,1H3. The lowest BCUT2D eigenvalue weighted by Crippen LogP contribution is -2.38. The van der Waals surface area contributed by atoms with Gasteiger partial charge in [-0.25, -0.2) is 0 Å². The lowest BCUT2D eigenvalue weighted by atomic mass is 9.76. The summed E-state index contributed by atoms with van der Waals surface area (Å²) < 4.78 is 5.90. The van der Waals surface area contributed by atoms with Gasteiger partial charge in [0.25, 0.3) is 0 Å². The molecule has 0 spiro atoms. The fourth-order valence-electron chi connectivity index (χ4n) is 2.90. The number of hydrogen-bond donors (Lipinski definition) is 1. The van der Waals surface area contributed by atoms with Crippen molar-refractivity contribution < 1.29 is 4.74 Å². The molecule has 3 heteroatoms. The molecular formula is C17H24N2O. The van der Waals surface area contributed by atoms with Gasteiger partial charge in [-0.05, 0) is 51.3 Å². The molecule has 1 aliphatic heterocycles. The van der Waals surface area contributed by atoms with Crippen molar-refractivity contribution in [3.63, 3.8) is 0 Å². The molecule has 3 nitrogen and oxygen atoms in total. The highest BCUT2D eigenvalue weighted by Gasteiger charge is 2.33. The van der Waals surface area contributed by atoms with Crippen molar-refractivity contribution in [3.05, 3.63) is 35.9 Å².